The van der Waals surface area contributed by atoms with Crippen LogP contribution < -0.4 is 5.32 Å². The molecule has 2 atom stereocenters. The molecule has 2 aliphatic rings. The Hall–Kier alpha value is -0.0800. The summed E-state index contributed by atoms with van der Waals surface area (Å²) in [6.45, 7) is 10.3. The summed E-state index contributed by atoms with van der Waals surface area (Å²) in [5.41, 5.74) is 0.0686. The van der Waals surface area contributed by atoms with Gasteiger partial charge in [0.2, 0.25) is 0 Å². The second-order valence-electron chi connectivity index (χ2n) is 8.70. The molecule has 2 fully saturated rings. The number of hydrogen-bond donors (Lipinski definition) is 2. The summed E-state index contributed by atoms with van der Waals surface area (Å²) in [5.74, 6) is 1.57. The molecule has 2 aliphatic carbocycles. The fourth-order valence-corrected chi connectivity index (χ4v) is 4.49. The zero-order valence-electron chi connectivity index (χ0n) is 14.8. The van der Waals surface area contributed by atoms with Crippen molar-refractivity contribution in [3.8, 4) is 0 Å². The Labute approximate surface area is 132 Å². The molecule has 2 rings (SSSR count). The quantitative estimate of drug-likeness (QED) is 0.782. The van der Waals surface area contributed by atoms with Gasteiger partial charge in [0.25, 0.3) is 0 Å². The normalized spacial score (nSPS) is 38.4. The predicted octanol–water partition coefficient (Wildman–Crippen LogP) is 4.51. The summed E-state index contributed by atoms with van der Waals surface area (Å²) in [7, 11) is 0. The van der Waals surface area contributed by atoms with E-state index in [2.05, 4.69) is 33.0 Å². The van der Waals surface area contributed by atoms with Gasteiger partial charge in [-0.05, 0) is 55.8 Å². The maximum Gasteiger partial charge on any atom is 0.0774 e. The van der Waals surface area contributed by atoms with Gasteiger partial charge >= 0.3 is 0 Å². The molecule has 124 valence electrons. The zero-order chi connectivity index (χ0) is 15.5. The molecule has 0 spiro atoms. The minimum absolute atomic E-state index is 0.433. The van der Waals surface area contributed by atoms with Gasteiger partial charge in [-0.3, -0.25) is 0 Å². The summed E-state index contributed by atoms with van der Waals surface area (Å²) >= 11 is 0. The Kier molecular flexibility index (Phi) is 5.76. The van der Waals surface area contributed by atoms with Crippen LogP contribution in [0.25, 0.3) is 0 Å². The third kappa shape index (κ3) is 4.69. The van der Waals surface area contributed by atoms with Crippen LogP contribution in [0.15, 0.2) is 0 Å². The first-order valence-corrected chi connectivity index (χ1v) is 9.30. The number of hydrogen-bond acceptors (Lipinski definition) is 2. The second-order valence-corrected chi connectivity index (χ2v) is 8.70. The Balaban J connectivity index is 1.74. The van der Waals surface area contributed by atoms with Crippen LogP contribution in [0.4, 0.5) is 0 Å². The summed E-state index contributed by atoms with van der Waals surface area (Å²) in [4.78, 5) is 0. The predicted molar refractivity (Wildman–Crippen MR) is 90.4 cm³/mol. The van der Waals surface area contributed by atoms with Crippen molar-refractivity contribution in [3.63, 3.8) is 0 Å². The lowest BCUT2D eigenvalue weighted by molar-refractivity contribution is -0.0155. The number of nitrogens with one attached hydrogen (secondary N) is 1. The molecule has 0 radical (unpaired) electrons. The van der Waals surface area contributed by atoms with Crippen molar-refractivity contribution in [2.75, 3.05) is 6.54 Å². The SMILES string of the molecule is CCC(C)(C)C1CCC(NCC2(O)CCCC(C)C2)CC1. The third-order valence-electron chi connectivity index (χ3n) is 6.53. The van der Waals surface area contributed by atoms with Gasteiger partial charge in [0.15, 0.2) is 0 Å². The van der Waals surface area contributed by atoms with Gasteiger partial charge in [-0.15, -0.1) is 0 Å². The highest BCUT2D eigenvalue weighted by atomic mass is 16.3. The van der Waals surface area contributed by atoms with Crippen LogP contribution in [0.1, 0.15) is 85.5 Å². The lowest BCUT2D eigenvalue weighted by Gasteiger charge is -2.41. The molecule has 0 aromatic rings. The minimum atomic E-state index is -0.433. The first-order valence-electron chi connectivity index (χ1n) is 9.30. The Bertz CT molecular complexity index is 320. The Morgan fingerprint density at radius 3 is 2.38 bits per heavy atom. The molecule has 0 saturated heterocycles. The van der Waals surface area contributed by atoms with E-state index in [0.717, 1.165) is 25.3 Å². The van der Waals surface area contributed by atoms with Gasteiger partial charge in [0, 0.05) is 12.6 Å². The van der Waals surface area contributed by atoms with Crippen LogP contribution in [-0.2, 0) is 0 Å². The van der Waals surface area contributed by atoms with Crippen LogP contribution in [0, 0.1) is 17.3 Å². The molecule has 0 bridgehead atoms. The van der Waals surface area contributed by atoms with Crippen molar-refractivity contribution in [1.29, 1.82) is 0 Å². The summed E-state index contributed by atoms with van der Waals surface area (Å²) in [6.07, 6.45) is 11.0. The molecule has 2 unspecified atom stereocenters. The van der Waals surface area contributed by atoms with E-state index in [1.54, 1.807) is 0 Å². The van der Waals surface area contributed by atoms with Crippen molar-refractivity contribution < 1.29 is 5.11 Å². The highest BCUT2D eigenvalue weighted by Gasteiger charge is 2.35. The fraction of sp³-hybridized carbons (Fsp3) is 1.00. The number of rotatable bonds is 5. The van der Waals surface area contributed by atoms with Crippen LogP contribution in [0.5, 0.6) is 0 Å². The minimum Gasteiger partial charge on any atom is -0.389 e. The van der Waals surface area contributed by atoms with Crippen molar-refractivity contribution >= 4 is 0 Å². The molecule has 0 aromatic carbocycles. The van der Waals surface area contributed by atoms with Crippen molar-refractivity contribution in [1.82, 2.24) is 5.32 Å². The van der Waals surface area contributed by atoms with Crippen LogP contribution in [0.2, 0.25) is 0 Å². The maximum atomic E-state index is 10.7. The summed E-state index contributed by atoms with van der Waals surface area (Å²) in [5, 5.41) is 14.4. The molecular formula is C19H37NO. The molecule has 2 N–H and O–H groups in total. The van der Waals surface area contributed by atoms with E-state index in [-0.39, 0.29) is 0 Å². The molecule has 2 heteroatoms. The average Bonchev–Trinajstić information content (AvgIpc) is 2.45. The Morgan fingerprint density at radius 1 is 1.14 bits per heavy atom. The molecule has 0 heterocycles. The summed E-state index contributed by atoms with van der Waals surface area (Å²) < 4.78 is 0. The largest absolute Gasteiger partial charge is 0.389 e. The fourth-order valence-electron chi connectivity index (χ4n) is 4.49. The average molecular weight is 296 g/mol. The highest BCUT2D eigenvalue weighted by Crippen LogP contribution is 2.40. The smallest absolute Gasteiger partial charge is 0.0774 e. The summed E-state index contributed by atoms with van der Waals surface area (Å²) in [6, 6.07) is 0.634. The zero-order valence-corrected chi connectivity index (χ0v) is 14.8. The molecule has 0 aromatic heterocycles. The molecule has 2 saturated carbocycles. The molecule has 21 heavy (non-hydrogen) atoms. The van der Waals surface area contributed by atoms with Gasteiger partial charge in [0.1, 0.15) is 0 Å². The van der Waals surface area contributed by atoms with Crippen LogP contribution >= 0.6 is 0 Å². The maximum absolute atomic E-state index is 10.7. The molecule has 0 amide bonds. The van der Waals surface area contributed by atoms with E-state index in [1.165, 1.54) is 44.9 Å². The molecular weight excluding hydrogens is 258 g/mol. The number of aliphatic hydroxyl groups is 1. The van der Waals surface area contributed by atoms with Crippen LogP contribution in [-0.4, -0.2) is 23.3 Å². The van der Waals surface area contributed by atoms with Gasteiger partial charge in [-0.25, -0.2) is 0 Å². The van der Waals surface area contributed by atoms with E-state index in [9.17, 15) is 5.11 Å². The second kappa shape index (κ2) is 7.00. The monoisotopic (exact) mass is 295 g/mol. The highest BCUT2D eigenvalue weighted by molar-refractivity contribution is 4.90. The first-order chi connectivity index (χ1) is 9.85. The van der Waals surface area contributed by atoms with Gasteiger partial charge in [0.05, 0.1) is 5.60 Å². The van der Waals surface area contributed by atoms with E-state index < -0.39 is 5.60 Å². The van der Waals surface area contributed by atoms with Crippen molar-refractivity contribution in [3.05, 3.63) is 0 Å². The van der Waals surface area contributed by atoms with E-state index in [0.29, 0.717) is 17.4 Å². The molecule has 2 nitrogen and oxygen atoms in total. The van der Waals surface area contributed by atoms with Crippen molar-refractivity contribution in [2.24, 2.45) is 17.3 Å². The first kappa shape index (κ1) is 17.3. The Morgan fingerprint density at radius 2 is 1.81 bits per heavy atom. The van der Waals surface area contributed by atoms with Gasteiger partial charge in [-0.1, -0.05) is 47.0 Å². The van der Waals surface area contributed by atoms with Crippen molar-refractivity contribution in [2.45, 2.75) is 97.1 Å². The van der Waals surface area contributed by atoms with Gasteiger partial charge in [-0.2, -0.15) is 0 Å². The third-order valence-corrected chi connectivity index (χ3v) is 6.53. The van der Waals surface area contributed by atoms with E-state index >= 15 is 0 Å². The molecule has 0 aliphatic heterocycles. The topological polar surface area (TPSA) is 32.3 Å². The van der Waals surface area contributed by atoms with E-state index in [1.807, 2.05) is 0 Å². The van der Waals surface area contributed by atoms with Crippen LogP contribution in [0.3, 0.4) is 0 Å². The van der Waals surface area contributed by atoms with Gasteiger partial charge < -0.3 is 10.4 Å². The van der Waals surface area contributed by atoms with E-state index in [4.69, 9.17) is 0 Å². The lowest BCUT2D eigenvalue weighted by Crippen LogP contribution is -2.48. The standard InChI is InChI=1S/C19H37NO/c1-5-18(3,4)16-8-10-17(11-9-16)20-14-19(21)12-6-7-15(2)13-19/h15-17,20-21H,5-14H2,1-4H3. The lowest BCUT2D eigenvalue weighted by atomic mass is 9.69.